The van der Waals surface area contributed by atoms with E-state index in [1.165, 1.54) is 11.8 Å². The van der Waals surface area contributed by atoms with E-state index in [2.05, 4.69) is 15.0 Å². The number of rotatable bonds is 10. The highest BCUT2D eigenvalue weighted by Gasteiger charge is 2.16. The van der Waals surface area contributed by atoms with Gasteiger partial charge in [0.2, 0.25) is 21.8 Å². The summed E-state index contributed by atoms with van der Waals surface area (Å²) in [6, 6.07) is 14.9. The average molecular weight is 460 g/mol. The van der Waals surface area contributed by atoms with Crippen molar-refractivity contribution < 1.29 is 17.6 Å². The van der Waals surface area contributed by atoms with Crippen LogP contribution >= 0.6 is 11.8 Å². The van der Waals surface area contributed by atoms with Crippen LogP contribution in [0.25, 0.3) is 11.5 Å². The third-order valence-corrected chi connectivity index (χ3v) is 7.00. The van der Waals surface area contributed by atoms with Gasteiger partial charge in [-0.25, -0.2) is 18.1 Å². The lowest BCUT2D eigenvalue weighted by molar-refractivity contribution is -0.118. The number of aromatic nitrogens is 1. The molecule has 0 spiro atoms. The zero-order valence-corrected chi connectivity index (χ0v) is 19.1. The lowest BCUT2D eigenvalue weighted by Gasteiger charge is -2.10. The number of oxazole rings is 1. The van der Waals surface area contributed by atoms with E-state index in [-0.39, 0.29) is 29.6 Å². The van der Waals surface area contributed by atoms with Gasteiger partial charge in [0, 0.05) is 24.4 Å². The van der Waals surface area contributed by atoms with Gasteiger partial charge in [-0.05, 0) is 43.2 Å². The molecule has 1 amide bonds. The molecule has 2 aromatic carbocycles. The number of sulfonamides is 1. The van der Waals surface area contributed by atoms with Crippen LogP contribution in [0.4, 0.5) is 0 Å². The molecule has 0 unspecified atom stereocenters. The van der Waals surface area contributed by atoms with Crippen LogP contribution in [0.1, 0.15) is 16.8 Å². The summed E-state index contributed by atoms with van der Waals surface area (Å²) in [4.78, 5) is 16.7. The first kappa shape index (κ1) is 23.1. The van der Waals surface area contributed by atoms with Gasteiger partial charge in [0.05, 0.1) is 16.3 Å². The first-order valence-corrected chi connectivity index (χ1v) is 12.4. The van der Waals surface area contributed by atoms with E-state index in [1.807, 2.05) is 43.3 Å². The molecular weight excluding hydrogens is 434 g/mol. The van der Waals surface area contributed by atoms with Crippen LogP contribution in [-0.2, 0) is 20.6 Å². The van der Waals surface area contributed by atoms with E-state index in [4.69, 9.17) is 4.42 Å². The molecule has 2 N–H and O–H groups in total. The first-order valence-electron chi connectivity index (χ1n) is 9.76. The van der Waals surface area contributed by atoms with Crippen molar-refractivity contribution in [1.82, 2.24) is 15.0 Å². The van der Waals surface area contributed by atoms with Crippen molar-refractivity contribution in [3.8, 4) is 11.5 Å². The van der Waals surface area contributed by atoms with Gasteiger partial charge in [0.25, 0.3) is 0 Å². The third kappa shape index (κ3) is 6.68. The molecule has 0 saturated carbocycles. The van der Waals surface area contributed by atoms with Crippen molar-refractivity contribution in [1.29, 1.82) is 0 Å². The van der Waals surface area contributed by atoms with Crippen molar-refractivity contribution in [3.05, 3.63) is 71.6 Å². The predicted molar refractivity (Wildman–Crippen MR) is 122 cm³/mol. The Bertz CT molecular complexity index is 1130. The van der Waals surface area contributed by atoms with E-state index >= 15 is 0 Å². The lowest BCUT2D eigenvalue weighted by atomic mass is 10.2. The maximum Gasteiger partial charge on any atom is 0.240 e. The number of carbonyl (C=O) groups is 1. The van der Waals surface area contributed by atoms with Crippen LogP contribution in [-0.4, -0.2) is 38.2 Å². The first-order chi connectivity index (χ1) is 14.8. The molecule has 0 atom stereocenters. The molecule has 1 heterocycles. The van der Waals surface area contributed by atoms with E-state index in [9.17, 15) is 13.2 Å². The molecule has 0 bridgehead atoms. The minimum Gasteiger partial charge on any atom is -0.444 e. The Hall–Kier alpha value is -2.62. The Kier molecular flexibility index (Phi) is 7.89. The summed E-state index contributed by atoms with van der Waals surface area (Å²) >= 11 is 1.41. The monoisotopic (exact) mass is 459 g/mol. The zero-order chi connectivity index (χ0) is 22.3. The maximum absolute atomic E-state index is 12.4. The smallest absolute Gasteiger partial charge is 0.240 e. The highest BCUT2D eigenvalue weighted by Crippen LogP contribution is 2.20. The minimum atomic E-state index is -3.61. The predicted octanol–water partition coefficient (Wildman–Crippen LogP) is 3.29. The Labute approximate surface area is 186 Å². The SMILES string of the molecule is Cc1ccc(C)c(S(=O)(=O)NCCNC(=O)CSCc2coc(-c3ccccc3)n2)c1. The Morgan fingerprint density at radius 3 is 2.65 bits per heavy atom. The summed E-state index contributed by atoms with van der Waals surface area (Å²) in [5.41, 5.74) is 3.22. The number of aryl methyl sites for hydroxylation is 2. The molecule has 1 aromatic heterocycles. The molecule has 0 aliphatic rings. The molecular formula is C22H25N3O4S2. The van der Waals surface area contributed by atoms with E-state index in [0.29, 0.717) is 17.2 Å². The molecule has 3 aromatic rings. The fourth-order valence-electron chi connectivity index (χ4n) is 2.85. The summed E-state index contributed by atoms with van der Waals surface area (Å²) in [6.07, 6.45) is 1.59. The number of carbonyl (C=O) groups excluding carboxylic acids is 1. The maximum atomic E-state index is 12.4. The number of nitrogens with zero attached hydrogens (tertiary/aromatic N) is 1. The zero-order valence-electron chi connectivity index (χ0n) is 17.4. The van der Waals surface area contributed by atoms with Crippen LogP contribution < -0.4 is 10.0 Å². The second kappa shape index (κ2) is 10.6. The Morgan fingerprint density at radius 2 is 1.87 bits per heavy atom. The van der Waals surface area contributed by atoms with Crippen molar-refractivity contribution in [2.24, 2.45) is 0 Å². The van der Waals surface area contributed by atoms with Gasteiger partial charge in [-0.1, -0.05) is 30.3 Å². The number of benzene rings is 2. The van der Waals surface area contributed by atoms with Crippen LogP contribution in [0.15, 0.2) is 64.1 Å². The molecule has 31 heavy (non-hydrogen) atoms. The quantitative estimate of drug-likeness (QED) is 0.451. The van der Waals surface area contributed by atoms with Crippen LogP contribution in [0, 0.1) is 13.8 Å². The fourth-order valence-corrected chi connectivity index (χ4v) is 4.94. The average Bonchev–Trinajstić information content (AvgIpc) is 3.22. The van der Waals surface area contributed by atoms with E-state index in [0.717, 1.165) is 16.8 Å². The van der Waals surface area contributed by atoms with Gasteiger partial charge in [-0.2, -0.15) is 0 Å². The topological polar surface area (TPSA) is 101 Å². The van der Waals surface area contributed by atoms with Gasteiger partial charge >= 0.3 is 0 Å². The van der Waals surface area contributed by atoms with Gasteiger partial charge in [-0.3, -0.25) is 4.79 Å². The van der Waals surface area contributed by atoms with Crippen molar-refractivity contribution in [3.63, 3.8) is 0 Å². The van der Waals surface area contributed by atoms with Crippen LogP contribution in [0.2, 0.25) is 0 Å². The molecule has 0 fully saturated rings. The molecule has 3 rings (SSSR count). The lowest BCUT2D eigenvalue weighted by Crippen LogP contribution is -2.35. The summed E-state index contributed by atoms with van der Waals surface area (Å²) in [7, 11) is -3.61. The van der Waals surface area contributed by atoms with Crippen molar-refractivity contribution >= 4 is 27.7 Å². The molecule has 0 aliphatic carbocycles. The number of amides is 1. The van der Waals surface area contributed by atoms with Crippen LogP contribution in [0.5, 0.6) is 0 Å². The normalized spacial score (nSPS) is 11.4. The summed E-state index contributed by atoms with van der Waals surface area (Å²) in [6.45, 7) is 3.93. The highest BCUT2D eigenvalue weighted by atomic mass is 32.2. The van der Waals surface area contributed by atoms with Gasteiger partial charge in [-0.15, -0.1) is 11.8 Å². The Morgan fingerprint density at radius 1 is 1.10 bits per heavy atom. The molecule has 0 saturated heterocycles. The van der Waals surface area contributed by atoms with Crippen LogP contribution in [0.3, 0.4) is 0 Å². The minimum absolute atomic E-state index is 0.121. The molecule has 0 aliphatic heterocycles. The van der Waals surface area contributed by atoms with Gasteiger partial charge in [0.15, 0.2) is 0 Å². The molecule has 9 heteroatoms. The Balaban J connectivity index is 1.37. The summed E-state index contributed by atoms with van der Waals surface area (Å²) in [5.74, 6) is 1.18. The second-order valence-corrected chi connectivity index (χ2v) is 9.74. The standard InChI is InChI=1S/C22H25N3O4S2/c1-16-8-9-17(2)20(12-16)31(27,28)24-11-10-23-21(26)15-30-14-19-13-29-22(25-19)18-6-4-3-5-7-18/h3-9,12-13,24H,10-11,14-15H2,1-2H3,(H,23,26). The number of hydrogen-bond acceptors (Lipinski definition) is 6. The molecule has 7 nitrogen and oxygen atoms in total. The largest absolute Gasteiger partial charge is 0.444 e. The van der Waals surface area contributed by atoms with Gasteiger partial charge in [0.1, 0.15) is 6.26 Å². The van der Waals surface area contributed by atoms with Crippen molar-refractivity contribution in [2.75, 3.05) is 18.8 Å². The third-order valence-electron chi connectivity index (χ3n) is 4.43. The number of nitrogens with one attached hydrogen (secondary N) is 2. The van der Waals surface area contributed by atoms with Crippen molar-refractivity contribution in [2.45, 2.75) is 24.5 Å². The molecule has 164 valence electrons. The summed E-state index contributed by atoms with van der Waals surface area (Å²) < 4.78 is 32.9. The number of thioether (sulfide) groups is 1. The fraction of sp³-hybridized carbons (Fsp3) is 0.273. The molecule has 0 radical (unpaired) electrons. The van der Waals surface area contributed by atoms with E-state index < -0.39 is 10.0 Å². The summed E-state index contributed by atoms with van der Waals surface area (Å²) in [5, 5.41) is 2.72. The van der Waals surface area contributed by atoms with Gasteiger partial charge < -0.3 is 9.73 Å². The highest BCUT2D eigenvalue weighted by molar-refractivity contribution is 7.99. The van der Waals surface area contributed by atoms with E-state index in [1.54, 1.807) is 25.3 Å². The second-order valence-electron chi connectivity index (χ2n) is 7.02. The number of hydrogen-bond donors (Lipinski definition) is 2.